The molecule has 1 atom stereocenters. The van der Waals surface area contributed by atoms with Crippen molar-refractivity contribution < 1.29 is 19.4 Å². The Bertz CT molecular complexity index is 527. The van der Waals surface area contributed by atoms with Crippen LogP contribution in [0.5, 0.6) is 5.75 Å². The summed E-state index contributed by atoms with van der Waals surface area (Å²) in [6.45, 7) is 2.56. The maximum atomic E-state index is 12.3. The average molecular weight is 277 g/mol. The minimum absolute atomic E-state index is 0.219. The second kappa shape index (κ2) is 5.94. The Labute approximate surface area is 118 Å². The monoisotopic (exact) mass is 277 g/mol. The number of hydrogen-bond acceptors (Lipinski definition) is 3. The fraction of sp³-hybridized carbons (Fsp3) is 0.467. The highest BCUT2D eigenvalue weighted by molar-refractivity contribution is 5.97. The number of rotatable bonds is 5. The maximum Gasteiger partial charge on any atom is 0.326 e. The van der Waals surface area contributed by atoms with Crippen LogP contribution in [0.25, 0.3) is 0 Å². The van der Waals surface area contributed by atoms with Crippen LogP contribution in [0.15, 0.2) is 18.2 Å². The number of amides is 1. The quantitative estimate of drug-likeness (QED) is 0.893. The summed E-state index contributed by atoms with van der Waals surface area (Å²) in [4.78, 5) is 24.7. The molecule has 2 rings (SSSR count). The van der Waals surface area contributed by atoms with Crippen LogP contribution in [-0.2, 0) is 11.2 Å². The lowest BCUT2D eigenvalue weighted by molar-refractivity contribution is -0.146. The van der Waals surface area contributed by atoms with Crippen LogP contribution in [0.4, 0.5) is 0 Å². The zero-order valence-corrected chi connectivity index (χ0v) is 11.8. The molecule has 1 aliphatic rings. The molecule has 5 heteroatoms. The predicted octanol–water partition coefficient (Wildman–Crippen LogP) is 1.95. The van der Waals surface area contributed by atoms with E-state index in [-0.39, 0.29) is 5.91 Å². The summed E-state index contributed by atoms with van der Waals surface area (Å²) >= 11 is 0. The molecular formula is C15H19NO4. The van der Waals surface area contributed by atoms with Crippen LogP contribution in [0.1, 0.15) is 35.7 Å². The van der Waals surface area contributed by atoms with Gasteiger partial charge in [-0.3, -0.25) is 4.79 Å². The van der Waals surface area contributed by atoms with Crippen molar-refractivity contribution in [3.05, 3.63) is 29.3 Å². The molecule has 1 saturated heterocycles. The van der Waals surface area contributed by atoms with E-state index in [1.807, 2.05) is 6.07 Å². The van der Waals surface area contributed by atoms with E-state index in [2.05, 4.69) is 6.92 Å². The van der Waals surface area contributed by atoms with Gasteiger partial charge in [0.25, 0.3) is 5.91 Å². The largest absolute Gasteiger partial charge is 0.496 e. The molecule has 1 aromatic rings. The van der Waals surface area contributed by atoms with Crippen LogP contribution in [-0.4, -0.2) is 41.6 Å². The van der Waals surface area contributed by atoms with Crippen molar-refractivity contribution in [2.24, 2.45) is 0 Å². The summed E-state index contributed by atoms with van der Waals surface area (Å²) in [7, 11) is 1.60. The van der Waals surface area contributed by atoms with Gasteiger partial charge in [0, 0.05) is 12.1 Å². The van der Waals surface area contributed by atoms with Crippen molar-refractivity contribution in [2.75, 3.05) is 13.7 Å². The molecule has 1 heterocycles. The first kappa shape index (κ1) is 14.4. The van der Waals surface area contributed by atoms with Crippen LogP contribution in [0.3, 0.4) is 0 Å². The molecule has 20 heavy (non-hydrogen) atoms. The lowest BCUT2D eigenvalue weighted by atomic mass is 9.99. The summed E-state index contributed by atoms with van der Waals surface area (Å²) < 4.78 is 5.27. The summed E-state index contributed by atoms with van der Waals surface area (Å²) in [5.74, 6) is -0.391. The number of carboxylic acids is 1. The molecular weight excluding hydrogens is 258 g/mol. The van der Waals surface area contributed by atoms with Gasteiger partial charge in [-0.05, 0) is 36.6 Å². The fourth-order valence-corrected chi connectivity index (χ4v) is 2.43. The highest BCUT2D eigenvalue weighted by atomic mass is 16.5. The van der Waals surface area contributed by atoms with E-state index < -0.39 is 12.0 Å². The van der Waals surface area contributed by atoms with E-state index in [0.29, 0.717) is 18.5 Å². The molecule has 0 aromatic heterocycles. The molecule has 1 fully saturated rings. The Morgan fingerprint density at radius 1 is 1.45 bits per heavy atom. The number of carbonyl (C=O) groups is 2. The first-order chi connectivity index (χ1) is 9.58. The van der Waals surface area contributed by atoms with Crippen molar-refractivity contribution in [1.82, 2.24) is 4.90 Å². The molecule has 1 N–H and O–H groups in total. The van der Waals surface area contributed by atoms with E-state index in [1.165, 1.54) is 4.90 Å². The Hall–Kier alpha value is -2.04. The van der Waals surface area contributed by atoms with Gasteiger partial charge in [0.15, 0.2) is 0 Å². The minimum atomic E-state index is -0.938. The van der Waals surface area contributed by atoms with Gasteiger partial charge in [-0.2, -0.15) is 0 Å². The van der Waals surface area contributed by atoms with Gasteiger partial charge in [0.2, 0.25) is 0 Å². The zero-order valence-electron chi connectivity index (χ0n) is 11.8. The lowest BCUT2D eigenvalue weighted by Gasteiger charge is -2.38. The topological polar surface area (TPSA) is 66.8 Å². The molecule has 0 spiro atoms. The summed E-state index contributed by atoms with van der Waals surface area (Å²) in [5, 5.41) is 9.01. The van der Waals surface area contributed by atoms with Gasteiger partial charge in [-0.15, -0.1) is 0 Å². The van der Waals surface area contributed by atoms with Crippen LogP contribution in [0.2, 0.25) is 0 Å². The molecule has 0 aliphatic carbocycles. The van der Waals surface area contributed by atoms with Gasteiger partial charge in [-0.1, -0.05) is 13.3 Å². The molecule has 0 bridgehead atoms. The van der Waals surface area contributed by atoms with Crippen LogP contribution in [0, 0.1) is 0 Å². The van der Waals surface area contributed by atoms with Crippen molar-refractivity contribution in [3.63, 3.8) is 0 Å². The second-order valence-electron chi connectivity index (χ2n) is 4.92. The first-order valence-electron chi connectivity index (χ1n) is 6.79. The van der Waals surface area contributed by atoms with Crippen molar-refractivity contribution in [3.8, 4) is 5.75 Å². The number of methoxy groups -OCH3 is 1. The molecule has 1 aliphatic heterocycles. The number of nitrogens with zero attached hydrogens (tertiary/aromatic N) is 1. The second-order valence-corrected chi connectivity index (χ2v) is 4.92. The number of benzene rings is 1. The molecule has 5 nitrogen and oxygen atoms in total. The third-order valence-corrected chi connectivity index (χ3v) is 3.61. The smallest absolute Gasteiger partial charge is 0.326 e. The van der Waals surface area contributed by atoms with Gasteiger partial charge < -0.3 is 14.7 Å². The molecule has 0 radical (unpaired) electrons. The number of likely N-dealkylation sites (tertiary alicyclic amines) is 1. The Morgan fingerprint density at radius 2 is 2.20 bits per heavy atom. The molecule has 1 aromatic carbocycles. The van der Waals surface area contributed by atoms with Gasteiger partial charge >= 0.3 is 5.97 Å². The van der Waals surface area contributed by atoms with Gasteiger partial charge in [-0.25, -0.2) is 4.79 Å². The number of ether oxygens (including phenoxy) is 1. The number of carboxylic acid groups (broad SMARTS) is 1. The van der Waals surface area contributed by atoms with E-state index >= 15 is 0 Å². The number of aryl methyl sites for hydroxylation is 1. The number of carbonyl (C=O) groups excluding carboxylic acids is 1. The minimum Gasteiger partial charge on any atom is -0.496 e. The number of hydrogen-bond donors (Lipinski definition) is 1. The average Bonchev–Trinajstić information content (AvgIpc) is 2.37. The van der Waals surface area contributed by atoms with Crippen LogP contribution < -0.4 is 4.74 Å². The Morgan fingerprint density at radius 3 is 2.70 bits per heavy atom. The SMILES string of the molecule is CCCc1cc(C(=O)N2CCC2C(=O)O)ccc1OC. The van der Waals surface area contributed by atoms with E-state index in [1.54, 1.807) is 19.2 Å². The maximum absolute atomic E-state index is 12.3. The first-order valence-corrected chi connectivity index (χ1v) is 6.79. The van der Waals surface area contributed by atoms with E-state index in [4.69, 9.17) is 9.84 Å². The third kappa shape index (κ3) is 2.61. The normalized spacial score (nSPS) is 17.5. The highest BCUT2D eigenvalue weighted by Crippen LogP contribution is 2.25. The molecule has 0 saturated carbocycles. The standard InChI is InChI=1S/C15H19NO4/c1-3-4-10-9-11(5-6-13(10)20-2)14(17)16-8-7-12(16)15(18)19/h5-6,9,12H,3-4,7-8H2,1-2H3,(H,18,19). The zero-order chi connectivity index (χ0) is 14.7. The van der Waals surface area contributed by atoms with Gasteiger partial charge in [0.05, 0.1) is 7.11 Å². The predicted molar refractivity (Wildman–Crippen MR) is 74.1 cm³/mol. The summed E-state index contributed by atoms with van der Waals surface area (Å²) in [5.41, 5.74) is 1.51. The van der Waals surface area contributed by atoms with Crippen molar-refractivity contribution in [1.29, 1.82) is 0 Å². The third-order valence-electron chi connectivity index (χ3n) is 3.61. The fourth-order valence-electron chi connectivity index (χ4n) is 2.43. The van der Waals surface area contributed by atoms with Crippen molar-refractivity contribution in [2.45, 2.75) is 32.2 Å². The Kier molecular flexibility index (Phi) is 4.27. The highest BCUT2D eigenvalue weighted by Gasteiger charge is 2.37. The molecule has 1 amide bonds. The van der Waals surface area contributed by atoms with Crippen LogP contribution >= 0.6 is 0 Å². The summed E-state index contributed by atoms with van der Waals surface area (Å²) in [6.07, 6.45) is 2.31. The van der Waals surface area contributed by atoms with E-state index in [9.17, 15) is 9.59 Å². The molecule has 1 unspecified atom stereocenters. The lowest BCUT2D eigenvalue weighted by Crippen LogP contribution is -2.55. The summed E-state index contributed by atoms with van der Waals surface area (Å²) in [6, 6.07) is 4.59. The Balaban J connectivity index is 2.22. The van der Waals surface area contributed by atoms with Gasteiger partial charge in [0.1, 0.15) is 11.8 Å². The number of aliphatic carboxylic acids is 1. The van der Waals surface area contributed by atoms with E-state index in [0.717, 1.165) is 24.2 Å². The van der Waals surface area contributed by atoms with Crippen molar-refractivity contribution >= 4 is 11.9 Å². The molecule has 108 valence electrons.